The van der Waals surface area contributed by atoms with E-state index < -0.39 is 10.0 Å². The topological polar surface area (TPSA) is 78.1 Å². The lowest BCUT2D eigenvalue weighted by atomic mass is 10.2. The zero-order chi connectivity index (χ0) is 13.8. The number of aromatic nitrogens is 2. The van der Waals surface area contributed by atoms with Gasteiger partial charge in [0, 0.05) is 25.2 Å². The van der Waals surface area contributed by atoms with E-state index in [-0.39, 0.29) is 5.03 Å². The van der Waals surface area contributed by atoms with Crippen molar-refractivity contribution in [3.8, 4) is 0 Å². The van der Waals surface area contributed by atoms with E-state index in [4.69, 9.17) is 0 Å². The quantitative estimate of drug-likeness (QED) is 0.771. The Bertz CT molecular complexity index is 432. The normalized spacial score (nSPS) is 12.8. The summed E-state index contributed by atoms with van der Waals surface area (Å²) in [7, 11) is -3.46. The molecule has 7 heteroatoms. The molecule has 0 aromatic carbocycles. The summed E-state index contributed by atoms with van der Waals surface area (Å²) in [5.41, 5.74) is 0. The number of hydrogen-bond acceptors (Lipinski definition) is 4. The maximum atomic E-state index is 11.8. The second kappa shape index (κ2) is 6.31. The van der Waals surface area contributed by atoms with E-state index in [0.717, 1.165) is 0 Å². The zero-order valence-corrected chi connectivity index (χ0v) is 12.2. The molecule has 2 N–H and O–H groups in total. The first-order valence-corrected chi connectivity index (χ1v) is 7.57. The molecule has 0 fully saturated rings. The van der Waals surface area contributed by atoms with Gasteiger partial charge in [-0.1, -0.05) is 0 Å². The van der Waals surface area contributed by atoms with Crippen molar-refractivity contribution in [1.82, 2.24) is 19.8 Å². The van der Waals surface area contributed by atoms with Crippen LogP contribution in [0.15, 0.2) is 17.3 Å². The van der Waals surface area contributed by atoms with E-state index in [2.05, 4.69) is 47.5 Å². The average molecular weight is 274 g/mol. The molecule has 0 saturated heterocycles. The molecule has 0 bridgehead atoms. The molecule has 0 saturated carbocycles. The fourth-order valence-corrected chi connectivity index (χ4v) is 2.82. The summed E-state index contributed by atoms with van der Waals surface area (Å²) in [6.45, 7) is 9.47. The van der Waals surface area contributed by atoms with Gasteiger partial charge in [0.05, 0.1) is 6.20 Å². The van der Waals surface area contributed by atoms with Crippen LogP contribution in [0.3, 0.4) is 0 Å². The van der Waals surface area contributed by atoms with Crippen molar-refractivity contribution in [1.29, 1.82) is 0 Å². The SMILES string of the molecule is CC(C)N(CCNS(=O)(=O)c1ccn[nH]1)C(C)C. The minimum atomic E-state index is -3.46. The third kappa shape index (κ3) is 4.08. The fraction of sp³-hybridized carbons (Fsp3) is 0.727. The molecule has 104 valence electrons. The van der Waals surface area contributed by atoms with Gasteiger partial charge in [0.1, 0.15) is 0 Å². The highest BCUT2D eigenvalue weighted by atomic mass is 32.2. The van der Waals surface area contributed by atoms with Crippen LogP contribution >= 0.6 is 0 Å². The highest BCUT2D eigenvalue weighted by Gasteiger charge is 2.17. The van der Waals surface area contributed by atoms with E-state index in [1.807, 2.05) is 0 Å². The van der Waals surface area contributed by atoms with Gasteiger partial charge in [-0.15, -0.1) is 0 Å². The Morgan fingerprint density at radius 2 is 1.94 bits per heavy atom. The maximum Gasteiger partial charge on any atom is 0.257 e. The summed E-state index contributed by atoms with van der Waals surface area (Å²) >= 11 is 0. The number of aromatic amines is 1. The van der Waals surface area contributed by atoms with Crippen molar-refractivity contribution in [3.63, 3.8) is 0 Å². The molecule has 6 nitrogen and oxygen atoms in total. The minimum Gasteiger partial charge on any atom is -0.297 e. The molecule has 0 aliphatic heterocycles. The molecule has 1 heterocycles. The largest absolute Gasteiger partial charge is 0.297 e. The highest BCUT2D eigenvalue weighted by Crippen LogP contribution is 2.05. The van der Waals surface area contributed by atoms with Gasteiger partial charge in [-0.25, -0.2) is 13.1 Å². The van der Waals surface area contributed by atoms with Crippen LogP contribution in [0.2, 0.25) is 0 Å². The van der Waals surface area contributed by atoms with Crippen LogP contribution in [0, 0.1) is 0 Å². The van der Waals surface area contributed by atoms with E-state index in [9.17, 15) is 8.42 Å². The number of nitrogens with one attached hydrogen (secondary N) is 2. The van der Waals surface area contributed by atoms with Gasteiger partial charge in [-0.2, -0.15) is 5.10 Å². The first-order valence-electron chi connectivity index (χ1n) is 6.09. The van der Waals surface area contributed by atoms with Crippen molar-refractivity contribution < 1.29 is 8.42 Å². The molecule has 0 aliphatic rings. The summed E-state index contributed by atoms with van der Waals surface area (Å²) in [6.07, 6.45) is 1.42. The predicted octanol–water partition coefficient (Wildman–Crippen LogP) is 0.807. The van der Waals surface area contributed by atoms with Crippen LogP contribution in [-0.2, 0) is 10.0 Å². The average Bonchev–Trinajstić information content (AvgIpc) is 2.76. The molecule has 0 spiro atoms. The van der Waals surface area contributed by atoms with Crippen molar-refractivity contribution in [2.24, 2.45) is 0 Å². The van der Waals surface area contributed by atoms with Crippen molar-refractivity contribution in [2.45, 2.75) is 44.8 Å². The standard InChI is InChI=1S/C11H22N4O2S/c1-9(2)15(10(3)4)8-7-13-18(16,17)11-5-6-12-14-11/h5-6,9-10,13H,7-8H2,1-4H3,(H,12,14). The molecule has 0 unspecified atom stereocenters. The van der Waals surface area contributed by atoms with E-state index in [1.54, 1.807) is 0 Å². The molecule has 1 rings (SSSR count). The van der Waals surface area contributed by atoms with Crippen molar-refractivity contribution in [2.75, 3.05) is 13.1 Å². The van der Waals surface area contributed by atoms with Crippen LogP contribution in [0.5, 0.6) is 0 Å². The van der Waals surface area contributed by atoms with E-state index in [0.29, 0.717) is 25.2 Å². The summed E-state index contributed by atoms with van der Waals surface area (Å²) in [6, 6.07) is 2.22. The van der Waals surface area contributed by atoms with Gasteiger partial charge in [0.2, 0.25) is 0 Å². The van der Waals surface area contributed by atoms with Gasteiger partial charge in [0.25, 0.3) is 10.0 Å². The van der Waals surface area contributed by atoms with Gasteiger partial charge >= 0.3 is 0 Å². The first kappa shape index (κ1) is 15.1. The van der Waals surface area contributed by atoms with Crippen LogP contribution in [0.1, 0.15) is 27.7 Å². The summed E-state index contributed by atoms with van der Waals surface area (Å²) < 4.78 is 26.2. The number of rotatable bonds is 7. The highest BCUT2D eigenvalue weighted by molar-refractivity contribution is 7.89. The molecule has 1 aromatic rings. The molecule has 0 amide bonds. The first-order chi connectivity index (χ1) is 8.34. The summed E-state index contributed by atoms with van der Waals surface area (Å²) in [5.74, 6) is 0. The smallest absolute Gasteiger partial charge is 0.257 e. The third-order valence-electron chi connectivity index (χ3n) is 2.75. The Labute approximate surface area is 109 Å². The lowest BCUT2D eigenvalue weighted by Crippen LogP contribution is -2.42. The molecule has 0 aliphatic carbocycles. The number of H-pyrrole nitrogens is 1. The molecule has 18 heavy (non-hydrogen) atoms. The fourth-order valence-electron chi connectivity index (χ4n) is 1.89. The molecule has 0 radical (unpaired) electrons. The molecule has 0 atom stereocenters. The van der Waals surface area contributed by atoms with Crippen LogP contribution in [-0.4, -0.2) is 48.7 Å². The Balaban J connectivity index is 2.51. The second-order valence-corrected chi connectivity index (χ2v) is 6.48. The second-order valence-electron chi connectivity index (χ2n) is 4.74. The Kier molecular flexibility index (Phi) is 5.30. The molecule has 1 aromatic heterocycles. The van der Waals surface area contributed by atoms with E-state index in [1.165, 1.54) is 12.3 Å². The Morgan fingerprint density at radius 3 is 2.39 bits per heavy atom. The number of sulfonamides is 1. The maximum absolute atomic E-state index is 11.8. The predicted molar refractivity (Wildman–Crippen MR) is 70.8 cm³/mol. The van der Waals surface area contributed by atoms with Crippen molar-refractivity contribution in [3.05, 3.63) is 12.3 Å². The van der Waals surface area contributed by atoms with E-state index >= 15 is 0 Å². The summed E-state index contributed by atoms with van der Waals surface area (Å²) in [4.78, 5) is 2.23. The van der Waals surface area contributed by atoms with Gasteiger partial charge in [0.15, 0.2) is 5.03 Å². The zero-order valence-electron chi connectivity index (χ0n) is 11.3. The Hall–Kier alpha value is -0.920. The molecular formula is C11H22N4O2S. The summed E-state index contributed by atoms with van der Waals surface area (Å²) in [5, 5.41) is 6.18. The molecular weight excluding hydrogens is 252 g/mol. The van der Waals surface area contributed by atoms with Crippen molar-refractivity contribution >= 4 is 10.0 Å². The van der Waals surface area contributed by atoms with Crippen LogP contribution in [0.4, 0.5) is 0 Å². The third-order valence-corrected chi connectivity index (χ3v) is 4.14. The lowest BCUT2D eigenvalue weighted by molar-refractivity contribution is 0.179. The van der Waals surface area contributed by atoms with Crippen LogP contribution in [0.25, 0.3) is 0 Å². The van der Waals surface area contributed by atoms with Gasteiger partial charge in [-0.05, 0) is 33.8 Å². The number of nitrogens with zero attached hydrogens (tertiary/aromatic N) is 2. The lowest BCUT2D eigenvalue weighted by Gasteiger charge is -2.30. The van der Waals surface area contributed by atoms with Gasteiger partial charge < -0.3 is 0 Å². The van der Waals surface area contributed by atoms with Gasteiger partial charge in [-0.3, -0.25) is 10.00 Å². The number of hydrogen-bond donors (Lipinski definition) is 2. The monoisotopic (exact) mass is 274 g/mol. The van der Waals surface area contributed by atoms with Crippen LogP contribution < -0.4 is 4.72 Å². The minimum absolute atomic E-state index is 0.100. The Morgan fingerprint density at radius 1 is 1.33 bits per heavy atom.